The summed E-state index contributed by atoms with van der Waals surface area (Å²) in [6.07, 6.45) is 2.19. The van der Waals surface area contributed by atoms with Gasteiger partial charge in [-0.15, -0.1) is 0 Å². The van der Waals surface area contributed by atoms with Crippen molar-refractivity contribution in [3.8, 4) is 0 Å². The van der Waals surface area contributed by atoms with E-state index in [4.69, 9.17) is 9.94 Å². The van der Waals surface area contributed by atoms with Gasteiger partial charge in [0.2, 0.25) is 0 Å². The van der Waals surface area contributed by atoms with Gasteiger partial charge in [0.15, 0.2) is 0 Å². The lowest BCUT2D eigenvalue weighted by atomic mass is 9.66. The van der Waals surface area contributed by atoms with E-state index in [9.17, 15) is 10.0 Å². The molecule has 2 atom stereocenters. The largest absolute Gasteiger partial charge is 0.733 e. The molecule has 1 aromatic rings. The first kappa shape index (κ1) is 16.8. The van der Waals surface area contributed by atoms with Gasteiger partial charge in [-0.05, 0) is 48.4 Å². The van der Waals surface area contributed by atoms with Gasteiger partial charge < -0.3 is 15.2 Å². The highest BCUT2D eigenvalue weighted by Gasteiger charge is 2.50. The van der Waals surface area contributed by atoms with Gasteiger partial charge in [0.1, 0.15) is 0 Å². The summed E-state index contributed by atoms with van der Waals surface area (Å²) in [6.45, 7) is 9.27. The fraction of sp³-hybridized carbons (Fsp3) is 0.588. The van der Waals surface area contributed by atoms with Crippen LogP contribution in [0.2, 0.25) is 0 Å². The van der Waals surface area contributed by atoms with Crippen molar-refractivity contribution in [1.29, 1.82) is 0 Å². The highest BCUT2D eigenvalue weighted by atomic mass is 16.8. The summed E-state index contributed by atoms with van der Waals surface area (Å²) in [5.41, 5.74) is 0.544. The average molecular weight is 306 g/mol. The van der Waals surface area contributed by atoms with E-state index in [1.165, 1.54) is 24.3 Å². The van der Waals surface area contributed by atoms with Gasteiger partial charge in [-0.1, -0.05) is 27.7 Å². The molecule has 1 aliphatic carbocycles. The van der Waals surface area contributed by atoms with Crippen molar-refractivity contribution in [3.05, 3.63) is 35.0 Å². The number of carbonyl (C=O) groups excluding carboxylic acids is 1. The van der Waals surface area contributed by atoms with Crippen molar-refractivity contribution in [2.24, 2.45) is 16.7 Å². The minimum absolute atomic E-state index is 0.0288. The minimum Gasteiger partial charge on any atom is -0.733 e. The van der Waals surface area contributed by atoms with Crippen LogP contribution in [0.5, 0.6) is 0 Å². The molecule has 0 saturated heterocycles. The van der Waals surface area contributed by atoms with Crippen LogP contribution in [0, 0.1) is 22.0 Å². The number of benzene rings is 1. The zero-order valence-electron chi connectivity index (χ0n) is 13.6. The molecule has 122 valence electrons. The Kier molecular flexibility index (Phi) is 4.49. The molecule has 22 heavy (non-hydrogen) atoms. The first-order chi connectivity index (χ1) is 10.2. The van der Waals surface area contributed by atoms with E-state index in [2.05, 4.69) is 27.7 Å². The monoisotopic (exact) mass is 306 g/mol. The van der Waals surface area contributed by atoms with Crippen LogP contribution in [0.4, 0.5) is 5.69 Å². The van der Waals surface area contributed by atoms with Gasteiger partial charge in [-0.3, -0.25) is 5.21 Å². The van der Waals surface area contributed by atoms with E-state index in [0.717, 1.165) is 12.8 Å². The van der Waals surface area contributed by atoms with Crippen molar-refractivity contribution in [2.75, 3.05) is 11.8 Å². The number of nitrogens with zero attached hydrogens (tertiary/aromatic N) is 1. The average Bonchev–Trinajstić information content (AvgIpc) is 2.69. The molecule has 0 aliphatic heterocycles. The molecular weight excluding hydrogens is 282 g/mol. The summed E-state index contributed by atoms with van der Waals surface area (Å²) in [7, 11) is 0. The Labute approximate surface area is 131 Å². The van der Waals surface area contributed by atoms with Gasteiger partial charge in [0.05, 0.1) is 17.9 Å². The maximum absolute atomic E-state index is 12.1. The third-order valence-corrected chi connectivity index (χ3v) is 5.76. The molecule has 0 bridgehead atoms. The number of hydrogen-bond acceptors (Lipinski definition) is 5. The van der Waals surface area contributed by atoms with Crippen LogP contribution in [-0.4, -0.2) is 17.8 Å². The van der Waals surface area contributed by atoms with Crippen LogP contribution in [0.25, 0.3) is 0 Å². The Morgan fingerprint density at radius 1 is 1.36 bits per heavy atom. The van der Waals surface area contributed by atoms with E-state index < -0.39 is 5.97 Å². The second kappa shape index (κ2) is 5.89. The number of rotatable bonds is 4. The predicted molar refractivity (Wildman–Crippen MR) is 84.6 cm³/mol. The zero-order chi connectivity index (χ0) is 16.5. The van der Waals surface area contributed by atoms with Crippen LogP contribution in [0.1, 0.15) is 50.9 Å². The molecule has 1 aliphatic rings. The molecule has 1 saturated carbocycles. The van der Waals surface area contributed by atoms with Crippen LogP contribution < -0.4 is 5.23 Å². The lowest BCUT2D eigenvalue weighted by Crippen LogP contribution is -2.37. The van der Waals surface area contributed by atoms with Crippen LogP contribution in [0.15, 0.2) is 24.3 Å². The summed E-state index contributed by atoms with van der Waals surface area (Å²) >= 11 is 0. The molecule has 1 aromatic carbocycles. The standard InChI is InChI=1S/C17H24NO4/c1-12-9-10-17(4,16(12,2)3)11-22-15(19)13-5-7-14(8-6-13)18(20)21/h5-8,12,20H,9-11H2,1-4H3/q-1. The molecule has 0 heterocycles. The molecule has 0 amide bonds. The van der Waals surface area contributed by atoms with Gasteiger partial charge in [-0.2, -0.15) is 0 Å². The molecule has 0 aromatic heterocycles. The Balaban J connectivity index is 2.01. The summed E-state index contributed by atoms with van der Waals surface area (Å²) in [6, 6.07) is 5.72. The molecule has 0 radical (unpaired) electrons. The van der Waals surface area contributed by atoms with Gasteiger partial charge >= 0.3 is 5.97 Å². The Hall–Kier alpha value is -1.59. The van der Waals surface area contributed by atoms with Crippen molar-refractivity contribution in [2.45, 2.75) is 40.5 Å². The van der Waals surface area contributed by atoms with Crippen LogP contribution >= 0.6 is 0 Å². The van der Waals surface area contributed by atoms with E-state index in [1.807, 2.05) is 0 Å². The third-order valence-electron chi connectivity index (χ3n) is 5.76. The quantitative estimate of drug-likeness (QED) is 0.672. The fourth-order valence-corrected chi connectivity index (χ4v) is 3.10. The highest BCUT2D eigenvalue weighted by molar-refractivity contribution is 5.89. The Morgan fingerprint density at radius 3 is 2.41 bits per heavy atom. The van der Waals surface area contributed by atoms with Gasteiger partial charge in [0, 0.05) is 5.41 Å². The predicted octanol–water partition coefficient (Wildman–Crippen LogP) is 4.00. The lowest BCUT2D eigenvalue weighted by molar-refractivity contribution is -0.00350. The number of anilines is 1. The molecule has 0 spiro atoms. The molecule has 5 nitrogen and oxygen atoms in total. The number of carbonyl (C=O) groups is 1. The van der Waals surface area contributed by atoms with Gasteiger partial charge in [-0.25, -0.2) is 4.79 Å². The second-order valence-electron chi connectivity index (χ2n) is 7.12. The smallest absolute Gasteiger partial charge is 0.338 e. The second-order valence-corrected chi connectivity index (χ2v) is 7.12. The minimum atomic E-state index is -0.404. The van der Waals surface area contributed by atoms with Crippen molar-refractivity contribution in [1.82, 2.24) is 0 Å². The Bertz CT molecular complexity index is 538. The number of hydrogen-bond donors (Lipinski definition) is 1. The van der Waals surface area contributed by atoms with Crippen molar-refractivity contribution < 1.29 is 14.7 Å². The molecule has 5 heteroatoms. The van der Waals surface area contributed by atoms with Crippen LogP contribution in [-0.2, 0) is 4.74 Å². The molecule has 1 fully saturated rings. The van der Waals surface area contributed by atoms with Crippen molar-refractivity contribution in [3.63, 3.8) is 0 Å². The van der Waals surface area contributed by atoms with Crippen molar-refractivity contribution >= 4 is 11.7 Å². The first-order valence-electron chi connectivity index (χ1n) is 7.61. The van der Waals surface area contributed by atoms with E-state index in [1.54, 1.807) is 0 Å². The third kappa shape index (κ3) is 2.96. The van der Waals surface area contributed by atoms with Crippen LogP contribution in [0.3, 0.4) is 0 Å². The maximum atomic E-state index is 12.1. The van der Waals surface area contributed by atoms with E-state index in [-0.39, 0.29) is 21.7 Å². The summed E-state index contributed by atoms with van der Waals surface area (Å²) in [5, 5.41) is 19.3. The summed E-state index contributed by atoms with van der Waals surface area (Å²) in [5.74, 6) is 0.196. The first-order valence-corrected chi connectivity index (χ1v) is 7.61. The molecule has 1 N–H and O–H groups in total. The fourth-order valence-electron chi connectivity index (χ4n) is 3.10. The molecule has 2 rings (SSSR count). The normalized spacial score (nSPS) is 26.7. The number of esters is 1. The zero-order valence-corrected chi connectivity index (χ0v) is 13.6. The highest BCUT2D eigenvalue weighted by Crippen LogP contribution is 2.55. The number of ether oxygens (including phenoxy) is 1. The Morgan fingerprint density at radius 2 is 1.95 bits per heavy atom. The summed E-state index contributed by atoms with van der Waals surface area (Å²) < 4.78 is 5.51. The molecular formula is C17H24NO4-. The molecule has 2 unspecified atom stereocenters. The van der Waals surface area contributed by atoms with E-state index >= 15 is 0 Å². The summed E-state index contributed by atoms with van der Waals surface area (Å²) in [4.78, 5) is 12.1. The van der Waals surface area contributed by atoms with Gasteiger partial charge in [0.25, 0.3) is 0 Å². The SMILES string of the molecule is CC1CCC(C)(COC(=O)c2ccc(N([O-])O)cc2)C1(C)C. The maximum Gasteiger partial charge on any atom is 0.338 e. The topological polar surface area (TPSA) is 72.8 Å². The lowest BCUT2D eigenvalue weighted by Gasteiger charge is -2.40. The van der Waals surface area contributed by atoms with E-state index in [0.29, 0.717) is 18.1 Å².